The smallest absolute Gasteiger partial charge is 0.275 e. The fraction of sp³-hybridized carbons (Fsp3) is 0.167. The van der Waals surface area contributed by atoms with E-state index in [1.807, 2.05) is 0 Å². The van der Waals surface area contributed by atoms with Crippen molar-refractivity contribution in [3.05, 3.63) is 87.2 Å². The molecule has 0 atom stereocenters. The van der Waals surface area contributed by atoms with Crippen LogP contribution < -0.4 is 4.90 Å². The molecule has 0 saturated carbocycles. The number of rotatable bonds is 6. The zero-order chi connectivity index (χ0) is 27.9. The molecule has 0 aliphatic carbocycles. The fourth-order valence-corrected chi connectivity index (χ4v) is 4.11. The SMILES string of the molecule is Cn1cc(C(=O)N(C(=O)c2cn(C)nc2C(F)F)c2ccc(F)cc2-c2ccc(Cl)c(Cl)c2)c(C(F)F)n1. The highest BCUT2D eigenvalue weighted by Gasteiger charge is 2.36. The average Bonchev–Trinajstić information content (AvgIpc) is 3.44. The Hall–Kier alpha value is -3.77. The molecular weight excluding hydrogens is 556 g/mol. The van der Waals surface area contributed by atoms with Gasteiger partial charge in [0.15, 0.2) is 0 Å². The Labute approximate surface area is 222 Å². The van der Waals surface area contributed by atoms with Gasteiger partial charge in [0.05, 0.1) is 26.9 Å². The molecule has 38 heavy (non-hydrogen) atoms. The van der Waals surface area contributed by atoms with Gasteiger partial charge >= 0.3 is 0 Å². The van der Waals surface area contributed by atoms with E-state index in [2.05, 4.69) is 10.2 Å². The number of hydrogen-bond acceptors (Lipinski definition) is 4. The number of aromatic nitrogens is 4. The molecular formula is C24H16Cl2F5N5O2. The number of aryl methyl sites for hydroxylation is 2. The lowest BCUT2D eigenvalue weighted by molar-refractivity contribution is 0.0881. The Morgan fingerprint density at radius 3 is 1.82 bits per heavy atom. The second-order valence-electron chi connectivity index (χ2n) is 8.04. The number of nitrogens with zero attached hydrogens (tertiary/aromatic N) is 5. The number of benzene rings is 2. The predicted molar refractivity (Wildman–Crippen MR) is 129 cm³/mol. The number of anilines is 1. The molecule has 7 nitrogen and oxygen atoms in total. The molecule has 4 rings (SSSR count). The summed E-state index contributed by atoms with van der Waals surface area (Å²) in [5.41, 5.74) is -3.38. The number of amides is 2. The van der Waals surface area contributed by atoms with E-state index in [0.29, 0.717) is 4.90 Å². The number of halogens is 7. The zero-order valence-electron chi connectivity index (χ0n) is 19.5. The normalized spacial score (nSPS) is 11.4. The first kappa shape index (κ1) is 27.3. The van der Waals surface area contributed by atoms with Crippen LogP contribution in [-0.2, 0) is 14.1 Å². The van der Waals surface area contributed by atoms with Crippen molar-refractivity contribution in [2.75, 3.05) is 4.90 Å². The third-order valence-corrected chi connectivity index (χ3v) is 6.16. The zero-order valence-corrected chi connectivity index (χ0v) is 21.0. The van der Waals surface area contributed by atoms with E-state index in [0.717, 1.165) is 40.0 Å². The minimum absolute atomic E-state index is 0.0584. The Kier molecular flexibility index (Phi) is 7.56. The molecule has 0 unspecified atom stereocenters. The molecule has 14 heteroatoms. The molecule has 0 bridgehead atoms. The van der Waals surface area contributed by atoms with Crippen LogP contribution in [0.25, 0.3) is 11.1 Å². The van der Waals surface area contributed by atoms with Crippen LogP contribution >= 0.6 is 23.2 Å². The summed E-state index contributed by atoms with van der Waals surface area (Å²) in [6, 6.07) is 7.06. The molecule has 4 aromatic rings. The van der Waals surface area contributed by atoms with Gasteiger partial charge in [-0.3, -0.25) is 19.0 Å². The van der Waals surface area contributed by atoms with E-state index in [1.54, 1.807) is 0 Å². The highest BCUT2D eigenvalue weighted by molar-refractivity contribution is 6.42. The number of carbonyl (C=O) groups excluding carboxylic acids is 2. The third kappa shape index (κ3) is 5.14. The second kappa shape index (κ2) is 10.5. The van der Waals surface area contributed by atoms with Crippen molar-refractivity contribution < 1.29 is 31.5 Å². The van der Waals surface area contributed by atoms with Gasteiger partial charge in [-0.1, -0.05) is 29.3 Å². The number of imide groups is 1. The van der Waals surface area contributed by atoms with E-state index in [4.69, 9.17) is 23.2 Å². The molecule has 0 fully saturated rings. The van der Waals surface area contributed by atoms with Crippen LogP contribution in [0, 0.1) is 5.82 Å². The van der Waals surface area contributed by atoms with Crippen LogP contribution in [0.5, 0.6) is 0 Å². The van der Waals surface area contributed by atoms with Crippen LogP contribution in [0.1, 0.15) is 45.0 Å². The summed E-state index contributed by atoms with van der Waals surface area (Å²) in [7, 11) is 2.56. The van der Waals surface area contributed by atoms with E-state index < -0.39 is 53.0 Å². The minimum Gasteiger partial charge on any atom is -0.275 e. The van der Waals surface area contributed by atoms with Crippen molar-refractivity contribution in [2.24, 2.45) is 14.1 Å². The lowest BCUT2D eigenvalue weighted by Crippen LogP contribution is -2.38. The molecule has 2 amide bonds. The van der Waals surface area contributed by atoms with Crippen LogP contribution in [0.2, 0.25) is 10.0 Å². The van der Waals surface area contributed by atoms with Gasteiger partial charge in [0.1, 0.15) is 17.2 Å². The summed E-state index contributed by atoms with van der Waals surface area (Å²) < 4.78 is 71.2. The van der Waals surface area contributed by atoms with Gasteiger partial charge < -0.3 is 0 Å². The van der Waals surface area contributed by atoms with Crippen LogP contribution in [0.3, 0.4) is 0 Å². The van der Waals surface area contributed by atoms with Gasteiger partial charge in [-0.15, -0.1) is 0 Å². The third-order valence-electron chi connectivity index (χ3n) is 5.43. The van der Waals surface area contributed by atoms with Gasteiger partial charge in [0.2, 0.25) is 0 Å². The van der Waals surface area contributed by atoms with E-state index in [9.17, 15) is 31.5 Å². The van der Waals surface area contributed by atoms with E-state index >= 15 is 0 Å². The van der Waals surface area contributed by atoms with Gasteiger partial charge in [0, 0.05) is 32.1 Å². The maximum Gasteiger partial charge on any atom is 0.282 e. The highest BCUT2D eigenvalue weighted by Crippen LogP contribution is 2.37. The van der Waals surface area contributed by atoms with Gasteiger partial charge in [-0.25, -0.2) is 26.9 Å². The minimum atomic E-state index is -3.20. The summed E-state index contributed by atoms with van der Waals surface area (Å²) in [6.07, 6.45) is -4.48. The predicted octanol–water partition coefficient (Wildman–Crippen LogP) is 6.63. The molecule has 2 aromatic heterocycles. The first-order valence-corrected chi connectivity index (χ1v) is 11.4. The molecule has 0 spiro atoms. The highest BCUT2D eigenvalue weighted by atomic mass is 35.5. The second-order valence-corrected chi connectivity index (χ2v) is 8.86. The largest absolute Gasteiger partial charge is 0.282 e. The van der Waals surface area contributed by atoms with Crippen molar-refractivity contribution in [1.82, 2.24) is 19.6 Å². The fourth-order valence-electron chi connectivity index (χ4n) is 3.81. The molecule has 2 heterocycles. The summed E-state index contributed by atoms with van der Waals surface area (Å²) in [6.45, 7) is 0. The maximum atomic E-state index is 14.4. The Morgan fingerprint density at radius 1 is 0.816 bits per heavy atom. The first-order chi connectivity index (χ1) is 17.9. The standard InChI is InChI=1S/C24H16Cl2F5N5O2/c1-34-9-14(19(32-34)21(28)29)23(37)36(24(38)15-10-35(2)33-20(15)22(30)31)18-6-4-12(27)8-13(18)11-3-5-16(25)17(26)7-11/h3-10,21-22H,1-2H3. The molecule has 198 valence electrons. The monoisotopic (exact) mass is 571 g/mol. The van der Waals surface area contributed by atoms with Crippen molar-refractivity contribution in [3.63, 3.8) is 0 Å². The van der Waals surface area contributed by atoms with Gasteiger partial charge in [-0.05, 0) is 35.9 Å². The van der Waals surface area contributed by atoms with Gasteiger partial charge in [0.25, 0.3) is 24.7 Å². The maximum absolute atomic E-state index is 14.4. The van der Waals surface area contributed by atoms with Crippen LogP contribution in [0.15, 0.2) is 48.8 Å². The first-order valence-electron chi connectivity index (χ1n) is 10.7. The molecule has 0 aliphatic heterocycles. The summed E-state index contributed by atoms with van der Waals surface area (Å²) in [5, 5.41) is 7.39. The Balaban J connectivity index is 2.00. The van der Waals surface area contributed by atoms with Crippen molar-refractivity contribution in [2.45, 2.75) is 12.9 Å². The molecule has 0 N–H and O–H groups in total. The van der Waals surface area contributed by atoms with Crippen LogP contribution in [-0.4, -0.2) is 31.4 Å². The van der Waals surface area contributed by atoms with E-state index in [-0.39, 0.29) is 26.9 Å². The molecule has 0 saturated heterocycles. The van der Waals surface area contributed by atoms with Gasteiger partial charge in [-0.2, -0.15) is 10.2 Å². The number of carbonyl (C=O) groups is 2. The van der Waals surface area contributed by atoms with Crippen molar-refractivity contribution >= 4 is 40.7 Å². The van der Waals surface area contributed by atoms with Crippen LogP contribution in [0.4, 0.5) is 27.6 Å². The van der Waals surface area contributed by atoms with Crippen molar-refractivity contribution in [3.8, 4) is 11.1 Å². The Morgan fingerprint density at radius 2 is 1.34 bits per heavy atom. The summed E-state index contributed by atoms with van der Waals surface area (Å²) in [5.74, 6) is -3.40. The average molecular weight is 572 g/mol. The Bertz CT molecular complexity index is 1490. The lowest BCUT2D eigenvalue weighted by Gasteiger charge is -2.24. The molecule has 2 aromatic carbocycles. The summed E-state index contributed by atoms with van der Waals surface area (Å²) in [4.78, 5) is 27.9. The molecule has 0 aliphatic rings. The number of hydrogen-bond donors (Lipinski definition) is 0. The summed E-state index contributed by atoms with van der Waals surface area (Å²) >= 11 is 12.1. The van der Waals surface area contributed by atoms with Crippen molar-refractivity contribution in [1.29, 1.82) is 0 Å². The quantitative estimate of drug-likeness (QED) is 0.192. The van der Waals surface area contributed by atoms with E-state index in [1.165, 1.54) is 32.3 Å². The topological polar surface area (TPSA) is 73.0 Å². The number of alkyl halides is 4. The molecule has 0 radical (unpaired) electrons. The lowest BCUT2D eigenvalue weighted by atomic mass is 10.0.